The first-order chi connectivity index (χ1) is 12.6. The third kappa shape index (κ3) is 3.05. The van der Waals surface area contributed by atoms with Crippen molar-refractivity contribution in [3.8, 4) is 17.5 Å². The molecular weight excluding hydrogens is 336 g/mol. The van der Waals surface area contributed by atoms with Gasteiger partial charge in [0.2, 0.25) is 0 Å². The highest BCUT2D eigenvalue weighted by Crippen LogP contribution is 2.33. The van der Waals surface area contributed by atoms with Crippen molar-refractivity contribution in [1.82, 2.24) is 4.57 Å². The summed E-state index contributed by atoms with van der Waals surface area (Å²) >= 11 is 0. The molecule has 0 atom stereocenters. The normalized spacial score (nSPS) is 14.0. The first kappa shape index (κ1) is 17.6. The van der Waals surface area contributed by atoms with Gasteiger partial charge in [0.15, 0.2) is 5.69 Å². The maximum atomic E-state index is 12.1. The second-order valence-corrected chi connectivity index (χ2v) is 5.73. The molecule has 2 aromatic rings. The molecule has 0 saturated carbocycles. The lowest BCUT2D eigenvalue weighted by atomic mass is 10.2. The average Bonchev–Trinajstić information content (AvgIpc) is 3.03. The van der Waals surface area contributed by atoms with Crippen LogP contribution in [-0.2, 0) is 9.47 Å². The monoisotopic (exact) mass is 356 g/mol. The molecule has 8 nitrogen and oxygen atoms in total. The molecule has 1 saturated heterocycles. The fourth-order valence-electron chi connectivity index (χ4n) is 3.00. The highest BCUT2D eigenvalue weighted by atomic mass is 16.5. The molecule has 8 heteroatoms. The van der Waals surface area contributed by atoms with Gasteiger partial charge < -0.3 is 29.4 Å². The molecule has 26 heavy (non-hydrogen) atoms. The largest absolute Gasteiger partial charge is 0.495 e. The maximum Gasteiger partial charge on any atom is 0.357 e. The third-order valence-electron chi connectivity index (χ3n) is 4.34. The predicted octanol–water partition coefficient (Wildman–Crippen LogP) is 1.56. The van der Waals surface area contributed by atoms with Crippen LogP contribution in [0.1, 0.15) is 16.1 Å². The Labute approximate surface area is 151 Å². The Morgan fingerprint density at radius 2 is 2.04 bits per heavy atom. The molecule has 2 N–H and O–H groups in total. The number of ether oxygens (including phenoxy) is 3. The Bertz CT molecular complexity index is 863. The summed E-state index contributed by atoms with van der Waals surface area (Å²) in [4.78, 5) is 14.3. The van der Waals surface area contributed by atoms with Crippen LogP contribution in [0.25, 0.3) is 5.69 Å². The zero-order valence-electron chi connectivity index (χ0n) is 14.7. The molecule has 0 bridgehead atoms. The number of nitrogens with two attached hydrogens (primary N) is 1. The number of aromatic nitrogens is 1. The molecule has 1 aromatic carbocycles. The summed E-state index contributed by atoms with van der Waals surface area (Å²) in [6.07, 6.45) is 1.52. The summed E-state index contributed by atoms with van der Waals surface area (Å²) in [6, 6.07) is 7.56. The van der Waals surface area contributed by atoms with Gasteiger partial charge in [-0.3, -0.25) is 0 Å². The lowest BCUT2D eigenvalue weighted by Crippen LogP contribution is -2.36. The number of esters is 1. The number of anilines is 2. The molecule has 0 radical (unpaired) electrons. The number of nitrogen functional groups attached to an aromatic ring is 1. The fourth-order valence-corrected chi connectivity index (χ4v) is 3.00. The maximum absolute atomic E-state index is 12.1. The molecule has 3 rings (SSSR count). The lowest BCUT2D eigenvalue weighted by molar-refractivity contribution is 0.0593. The summed E-state index contributed by atoms with van der Waals surface area (Å²) in [7, 11) is 2.86. The Kier molecular flexibility index (Phi) is 5.00. The summed E-state index contributed by atoms with van der Waals surface area (Å²) in [5.41, 5.74) is 7.96. The number of morpholine rings is 1. The SMILES string of the molecule is COC(=O)c1c(N)c(C#N)cn1-c1ccc(N2CCOCC2)c(OC)c1. The van der Waals surface area contributed by atoms with Gasteiger partial charge in [-0.25, -0.2) is 4.79 Å². The van der Waals surface area contributed by atoms with Gasteiger partial charge in [0.1, 0.15) is 11.8 Å². The van der Waals surface area contributed by atoms with E-state index in [1.807, 2.05) is 18.2 Å². The van der Waals surface area contributed by atoms with Crippen LogP contribution in [0.4, 0.5) is 11.4 Å². The molecule has 2 heterocycles. The molecule has 136 valence electrons. The average molecular weight is 356 g/mol. The Balaban J connectivity index is 2.08. The predicted molar refractivity (Wildman–Crippen MR) is 95.8 cm³/mol. The summed E-state index contributed by atoms with van der Waals surface area (Å²) in [6.45, 7) is 2.88. The van der Waals surface area contributed by atoms with Crippen molar-refractivity contribution >= 4 is 17.3 Å². The second kappa shape index (κ2) is 7.37. The molecule has 0 spiro atoms. The zero-order valence-corrected chi connectivity index (χ0v) is 14.7. The number of hydrogen-bond donors (Lipinski definition) is 1. The van der Waals surface area contributed by atoms with Crippen LogP contribution in [0, 0.1) is 11.3 Å². The molecule has 1 aliphatic rings. The molecular formula is C18H20N4O4. The highest BCUT2D eigenvalue weighted by Gasteiger charge is 2.23. The molecule has 0 aliphatic carbocycles. The second-order valence-electron chi connectivity index (χ2n) is 5.73. The summed E-state index contributed by atoms with van der Waals surface area (Å²) in [5.74, 6) is 0.0474. The van der Waals surface area contributed by atoms with E-state index >= 15 is 0 Å². The number of hydrogen-bond acceptors (Lipinski definition) is 7. The Hall–Kier alpha value is -3.18. The van der Waals surface area contributed by atoms with Gasteiger partial charge in [0.05, 0.1) is 44.4 Å². The van der Waals surface area contributed by atoms with E-state index in [0.717, 1.165) is 18.8 Å². The van der Waals surface area contributed by atoms with Crippen LogP contribution in [0.2, 0.25) is 0 Å². The van der Waals surface area contributed by atoms with E-state index in [9.17, 15) is 10.1 Å². The number of carbonyl (C=O) groups is 1. The number of nitrogens with zero attached hydrogens (tertiary/aromatic N) is 3. The van der Waals surface area contributed by atoms with E-state index in [4.69, 9.17) is 19.9 Å². The minimum atomic E-state index is -0.611. The summed E-state index contributed by atoms with van der Waals surface area (Å²) in [5, 5.41) is 9.23. The van der Waals surface area contributed by atoms with Gasteiger partial charge in [-0.1, -0.05) is 0 Å². The van der Waals surface area contributed by atoms with Gasteiger partial charge in [-0.15, -0.1) is 0 Å². The van der Waals surface area contributed by atoms with Crippen LogP contribution in [-0.4, -0.2) is 51.1 Å². The van der Waals surface area contributed by atoms with Crippen LogP contribution < -0.4 is 15.4 Å². The fraction of sp³-hybridized carbons (Fsp3) is 0.333. The van der Waals surface area contributed by atoms with E-state index in [1.54, 1.807) is 17.7 Å². The standard InChI is InChI=1S/C18H20N4O4/c1-24-15-9-13(3-4-14(15)21-5-7-26-8-6-21)22-11-12(10-19)16(20)17(22)18(23)25-2/h3-4,9,11H,5-8,20H2,1-2H3. The number of nitriles is 1. The summed E-state index contributed by atoms with van der Waals surface area (Å²) < 4.78 is 17.3. The quantitative estimate of drug-likeness (QED) is 0.829. The number of methoxy groups -OCH3 is 2. The van der Waals surface area contributed by atoms with Crippen LogP contribution in [0.3, 0.4) is 0 Å². The van der Waals surface area contributed by atoms with Crippen molar-refractivity contribution in [2.45, 2.75) is 0 Å². The van der Waals surface area contributed by atoms with Crippen LogP contribution >= 0.6 is 0 Å². The smallest absolute Gasteiger partial charge is 0.357 e. The van der Waals surface area contributed by atoms with Crippen molar-refractivity contribution < 1.29 is 19.0 Å². The van der Waals surface area contributed by atoms with Gasteiger partial charge >= 0.3 is 5.97 Å². The topological polar surface area (TPSA) is 103 Å². The zero-order chi connectivity index (χ0) is 18.7. The number of rotatable bonds is 4. The van der Waals surface area contributed by atoms with Crippen LogP contribution in [0.15, 0.2) is 24.4 Å². The Morgan fingerprint density at radius 1 is 1.31 bits per heavy atom. The molecule has 0 amide bonds. The number of carbonyl (C=O) groups excluding carboxylic acids is 1. The first-order valence-electron chi connectivity index (χ1n) is 8.11. The van der Waals surface area contributed by atoms with E-state index in [0.29, 0.717) is 24.7 Å². The van der Waals surface area contributed by atoms with Crippen molar-refractivity contribution in [3.05, 3.63) is 35.7 Å². The van der Waals surface area contributed by atoms with E-state index < -0.39 is 5.97 Å². The van der Waals surface area contributed by atoms with Gasteiger partial charge in [-0.05, 0) is 12.1 Å². The Morgan fingerprint density at radius 3 is 2.65 bits per heavy atom. The van der Waals surface area contributed by atoms with Crippen molar-refractivity contribution in [1.29, 1.82) is 5.26 Å². The highest BCUT2D eigenvalue weighted by molar-refractivity contribution is 5.96. The van der Waals surface area contributed by atoms with E-state index in [2.05, 4.69) is 4.90 Å². The van der Waals surface area contributed by atoms with E-state index in [-0.39, 0.29) is 16.9 Å². The van der Waals surface area contributed by atoms with Gasteiger partial charge in [-0.2, -0.15) is 5.26 Å². The minimum absolute atomic E-state index is 0.0931. The minimum Gasteiger partial charge on any atom is -0.495 e. The third-order valence-corrected chi connectivity index (χ3v) is 4.34. The first-order valence-corrected chi connectivity index (χ1v) is 8.11. The van der Waals surface area contributed by atoms with Crippen molar-refractivity contribution in [2.75, 3.05) is 51.2 Å². The van der Waals surface area contributed by atoms with Crippen molar-refractivity contribution in [3.63, 3.8) is 0 Å². The number of benzene rings is 1. The van der Waals surface area contributed by atoms with Crippen molar-refractivity contribution in [2.24, 2.45) is 0 Å². The lowest BCUT2D eigenvalue weighted by Gasteiger charge is -2.30. The molecule has 1 aromatic heterocycles. The molecule has 1 aliphatic heterocycles. The molecule has 0 unspecified atom stereocenters. The van der Waals surface area contributed by atoms with Gasteiger partial charge in [0, 0.05) is 31.0 Å². The van der Waals surface area contributed by atoms with E-state index in [1.165, 1.54) is 13.3 Å². The van der Waals surface area contributed by atoms with Gasteiger partial charge in [0.25, 0.3) is 0 Å². The molecule has 1 fully saturated rings. The van der Waals surface area contributed by atoms with Crippen LogP contribution in [0.5, 0.6) is 5.75 Å².